The summed E-state index contributed by atoms with van der Waals surface area (Å²) < 4.78 is 11.8. The van der Waals surface area contributed by atoms with Gasteiger partial charge in [-0.2, -0.15) is 0 Å². The molecular formula is C13H19NO2. The second-order valence-electron chi connectivity index (χ2n) is 4.51. The normalized spacial score (nSPS) is 23.2. The second kappa shape index (κ2) is 3.98. The number of ether oxygens (including phenoxy) is 2. The molecule has 0 amide bonds. The molecule has 0 aliphatic carbocycles. The van der Waals surface area contributed by atoms with Crippen molar-refractivity contribution in [3.8, 4) is 11.5 Å². The standard InChI is InChI=1S/C13H19NO2/c1-4-13(7-14)8-15-11-5-9(2)10(3)6-12(11)16-13/h5-6H,4,7-8,14H2,1-3H3/t13-/m1/s1. The number of hydrogen-bond donors (Lipinski definition) is 1. The molecule has 1 atom stereocenters. The van der Waals surface area contributed by atoms with Crippen molar-refractivity contribution in [1.82, 2.24) is 0 Å². The topological polar surface area (TPSA) is 44.5 Å². The Morgan fingerprint density at radius 2 is 1.88 bits per heavy atom. The summed E-state index contributed by atoms with van der Waals surface area (Å²) in [5.41, 5.74) is 7.85. The minimum absolute atomic E-state index is 0.352. The monoisotopic (exact) mass is 221 g/mol. The molecule has 0 saturated carbocycles. The van der Waals surface area contributed by atoms with E-state index in [1.165, 1.54) is 11.1 Å². The zero-order chi connectivity index (χ0) is 11.8. The van der Waals surface area contributed by atoms with Crippen LogP contribution in [0.4, 0.5) is 0 Å². The van der Waals surface area contributed by atoms with Crippen LogP contribution in [0.2, 0.25) is 0 Å². The molecular weight excluding hydrogens is 202 g/mol. The summed E-state index contributed by atoms with van der Waals surface area (Å²) in [5.74, 6) is 1.65. The first-order valence-corrected chi connectivity index (χ1v) is 5.73. The number of rotatable bonds is 2. The van der Waals surface area contributed by atoms with Crippen molar-refractivity contribution >= 4 is 0 Å². The highest BCUT2D eigenvalue weighted by Crippen LogP contribution is 2.38. The molecule has 0 bridgehead atoms. The minimum Gasteiger partial charge on any atom is -0.485 e. The lowest BCUT2D eigenvalue weighted by molar-refractivity contribution is -0.00450. The lowest BCUT2D eigenvalue weighted by atomic mass is 10.00. The Hall–Kier alpha value is -1.22. The highest BCUT2D eigenvalue weighted by molar-refractivity contribution is 5.48. The Kier molecular flexibility index (Phi) is 2.80. The van der Waals surface area contributed by atoms with Crippen LogP contribution in [-0.4, -0.2) is 18.8 Å². The minimum atomic E-state index is -0.352. The van der Waals surface area contributed by atoms with Crippen molar-refractivity contribution in [2.24, 2.45) is 5.73 Å². The van der Waals surface area contributed by atoms with Gasteiger partial charge in [0.05, 0.1) is 0 Å². The third kappa shape index (κ3) is 1.76. The lowest BCUT2D eigenvalue weighted by Gasteiger charge is -2.37. The average Bonchev–Trinajstić information content (AvgIpc) is 2.30. The summed E-state index contributed by atoms with van der Waals surface area (Å²) in [4.78, 5) is 0. The Balaban J connectivity index is 2.36. The summed E-state index contributed by atoms with van der Waals surface area (Å²) >= 11 is 0. The molecule has 0 aromatic heterocycles. The second-order valence-corrected chi connectivity index (χ2v) is 4.51. The number of hydrogen-bond acceptors (Lipinski definition) is 3. The van der Waals surface area contributed by atoms with Crippen molar-refractivity contribution in [1.29, 1.82) is 0 Å². The Morgan fingerprint density at radius 3 is 2.44 bits per heavy atom. The van der Waals surface area contributed by atoms with Crippen LogP contribution >= 0.6 is 0 Å². The molecule has 88 valence electrons. The van der Waals surface area contributed by atoms with Gasteiger partial charge >= 0.3 is 0 Å². The van der Waals surface area contributed by atoms with E-state index in [0.717, 1.165) is 17.9 Å². The van der Waals surface area contributed by atoms with Gasteiger partial charge in [-0.1, -0.05) is 6.92 Å². The van der Waals surface area contributed by atoms with E-state index in [1.54, 1.807) is 0 Å². The zero-order valence-corrected chi connectivity index (χ0v) is 10.2. The maximum Gasteiger partial charge on any atom is 0.162 e. The van der Waals surface area contributed by atoms with Crippen LogP contribution in [0.25, 0.3) is 0 Å². The van der Waals surface area contributed by atoms with Gasteiger partial charge in [-0.05, 0) is 43.5 Å². The van der Waals surface area contributed by atoms with Gasteiger partial charge < -0.3 is 15.2 Å². The number of aryl methyl sites for hydroxylation is 2. The van der Waals surface area contributed by atoms with Crippen molar-refractivity contribution in [2.45, 2.75) is 32.8 Å². The maximum atomic E-state index is 6.00. The Morgan fingerprint density at radius 1 is 1.25 bits per heavy atom. The molecule has 1 aliphatic rings. The molecule has 3 nitrogen and oxygen atoms in total. The van der Waals surface area contributed by atoms with Gasteiger partial charge in [0.1, 0.15) is 6.61 Å². The molecule has 0 radical (unpaired) electrons. The van der Waals surface area contributed by atoms with Gasteiger partial charge in [0, 0.05) is 6.54 Å². The van der Waals surface area contributed by atoms with Crippen LogP contribution in [0, 0.1) is 13.8 Å². The van der Waals surface area contributed by atoms with E-state index < -0.39 is 0 Å². The third-order valence-electron chi connectivity index (χ3n) is 3.39. The summed E-state index contributed by atoms with van der Waals surface area (Å²) in [6, 6.07) is 4.06. The molecule has 2 N–H and O–H groups in total. The summed E-state index contributed by atoms with van der Waals surface area (Å²) in [6.45, 7) is 7.24. The quantitative estimate of drug-likeness (QED) is 0.832. The van der Waals surface area contributed by atoms with E-state index in [-0.39, 0.29) is 5.60 Å². The van der Waals surface area contributed by atoms with Gasteiger partial charge in [0.25, 0.3) is 0 Å². The molecule has 2 rings (SSSR count). The molecule has 0 spiro atoms. The van der Waals surface area contributed by atoms with Crippen LogP contribution in [0.3, 0.4) is 0 Å². The van der Waals surface area contributed by atoms with Crippen LogP contribution in [0.5, 0.6) is 11.5 Å². The van der Waals surface area contributed by atoms with Crippen LogP contribution in [0.1, 0.15) is 24.5 Å². The van der Waals surface area contributed by atoms with Crippen molar-refractivity contribution in [3.05, 3.63) is 23.3 Å². The fourth-order valence-corrected chi connectivity index (χ4v) is 1.85. The van der Waals surface area contributed by atoms with E-state index in [2.05, 4.69) is 20.8 Å². The third-order valence-corrected chi connectivity index (χ3v) is 3.39. The lowest BCUT2D eigenvalue weighted by Crippen LogP contribution is -2.50. The fraction of sp³-hybridized carbons (Fsp3) is 0.538. The van der Waals surface area contributed by atoms with Crippen LogP contribution in [-0.2, 0) is 0 Å². The average molecular weight is 221 g/mol. The molecule has 1 aromatic carbocycles. The summed E-state index contributed by atoms with van der Waals surface area (Å²) in [5, 5.41) is 0. The SMILES string of the molecule is CC[C@@]1(CN)COc2cc(C)c(C)cc2O1. The van der Waals surface area contributed by atoms with Crippen molar-refractivity contribution in [3.63, 3.8) is 0 Å². The van der Waals surface area contributed by atoms with Crippen molar-refractivity contribution in [2.75, 3.05) is 13.2 Å². The zero-order valence-electron chi connectivity index (χ0n) is 10.2. The summed E-state index contributed by atoms with van der Waals surface area (Å²) in [7, 11) is 0. The molecule has 0 saturated heterocycles. The molecule has 1 aromatic rings. The first-order chi connectivity index (χ1) is 7.60. The predicted octanol–water partition coefficient (Wildman–Crippen LogP) is 2.18. The first-order valence-electron chi connectivity index (χ1n) is 5.73. The number of fused-ring (bicyclic) bond motifs is 1. The maximum absolute atomic E-state index is 6.00. The van der Waals surface area contributed by atoms with Gasteiger partial charge in [0.15, 0.2) is 17.1 Å². The predicted molar refractivity (Wildman–Crippen MR) is 64.1 cm³/mol. The van der Waals surface area contributed by atoms with E-state index in [1.807, 2.05) is 12.1 Å². The van der Waals surface area contributed by atoms with Gasteiger partial charge in [0.2, 0.25) is 0 Å². The number of nitrogens with two attached hydrogens (primary N) is 1. The van der Waals surface area contributed by atoms with Crippen LogP contribution in [0.15, 0.2) is 12.1 Å². The first kappa shape index (κ1) is 11.3. The Labute approximate surface area is 96.5 Å². The molecule has 1 heterocycles. The molecule has 0 unspecified atom stereocenters. The number of benzene rings is 1. The smallest absolute Gasteiger partial charge is 0.162 e. The Bertz CT molecular complexity index is 397. The highest BCUT2D eigenvalue weighted by atomic mass is 16.6. The largest absolute Gasteiger partial charge is 0.485 e. The van der Waals surface area contributed by atoms with Gasteiger partial charge in [-0.25, -0.2) is 0 Å². The van der Waals surface area contributed by atoms with Crippen molar-refractivity contribution < 1.29 is 9.47 Å². The molecule has 0 fully saturated rings. The van der Waals surface area contributed by atoms with E-state index in [0.29, 0.717) is 13.2 Å². The van der Waals surface area contributed by atoms with Gasteiger partial charge in [-0.3, -0.25) is 0 Å². The molecule has 16 heavy (non-hydrogen) atoms. The summed E-state index contributed by atoms with van der Waals surface area (Å²) in [6.07, 6.45) is 0.857. The highest BCUT2D eigenvalue weighted by Gasteiger charge is 2.35. The van der Waals surface area contributed by atoms with Gasteiger partial charge in [-0.15, -0.1) is 0 Å². The molecule has 1 aliphatic heterocycles. The van der Waals surface area contributed by atoms with E-state index in [4.69, 9.17) is 15.2 Å². The fourth-order valence-electron chi connectivity index (χ4n) is 1.85. The van der Waals surface area contributed by atoms with E-state index >= 15 is 0 Å². The molecule has 3 heteroatoms. The van der Waals surface area contributed by atoms with Crippen LogP contribution < -0.4 is 15.2 Å². The van der Waals surface area contributed by atoms with E-state index in [9.17, 15) is 0 Å².